The van der Waals surface area contributed by atoms with Crippen LogP contribution in [0.1, 0.15) is 42.5 Å². The van der Waals surface area contributed by atoms with Crippen LogP contribution in [-0.2, 0) is 13.1 Å². The zero-order valence-corrected chi connectivity index (χ0v) is 16.0. The molecular weight excluding hydrogens is 334 g/mol. The Balaban J connectivity index is 1.74. The Bertz CT molecular complexity index is 1010. The van der Waals surface area contributed by atoms with E-state index in [-0.39, 0.29) is 0 Å². The number of imidazole rings is 1. The fourth-order valence-corrected chi connectivity index (χ4v) is 3.81. The highest BCUT2D eigenvalue weighted by atomic mass is 15.2. The Kier molecular flexibility index (Phi) is 4.41. The van der Waals surface area contributed by atoms with Crippen molar-refractivity contribution in [1.29, 1.82) is 5.26 Å². The van der Waals surface area contributed by atoms with Gasteiger partial charge in [0.15, 0.2) is 0 Å². The molecule has 1 aliphatic rings. The quantitative estimate of drug-likeness (QED) is 0.702. The van der Waals surface area contributed by atoms with Gasteiger partial charge in [-0.25, -0.2) is 4.98 Å². The molecule has 0 spiro atoms. The third kappa shape index (κ3) is 3.08. The number of hydrogen-bond acceptors (Lipinski definition) is 4. The normalized spacial score (nSPS) is 13.5. The van der Waals surface area contributed by atoms with Crippen molar-refractivity contribution in [1.82, 2.24) is 14.5 Å². The van der Waals surface area contributed by atoms with Crippen LogP contribution in [0.5, 0.6) is 0 Å². The lowest BCUT2D eigenvalue weighted by Crippen LogP contribution is -2.34. The summed E-state index contributed by atoms with van der Waals surface area (Å²) < 4.78 is 2.33. The minimum atomic E-state index is 0.345. The lowest BCUT2D eigenvalue weighted by molar-refractivity contribution is 0.560. The first kappa shape index (κ1) is 17.3. The number of nitrogens with zero attached hydrogens (tertiary/aromatic N) is 5. The Hall–Kier alpha value is -3.13. The summed E-state index contributed by atoms with van der Waals surface area (Å²) in [5.41, 5.74) is 6.33. The molecule has 0 fully saturated rings. The maximum atomic E-state index is 9.02. The average molecular weight is 357 g/mol. The Morgan fingerprint density at radius 1 is 1.11 bits per heavy atom. The molecule has 27 heavy (non-hydrogen) atoms. The van der Waals surface area contributed by atoms with Gasteiger partial charge in [-0.2, -0.15) is 5.26 Å². The molecule has 4 rings (SSSR count). The van der Waals surface area contributed by atoms with Crippen LogP contribution in [0.2, 0.25) is 0 Å². The van der Waals surface area contributed by atoms with Crippen LogP contribution in [0, 0.1) is 18.3 Å². The maximum absolute atomic E-state index is 9.02. The van der Waals surface area contributed by atoms with Crippen molar-refractivity contribution in [2.24, 2.45) is 0 Å². The van der Waals surface area contributed by atoms with Crippen LogP contribution in [-0.4, -0.2) is 21.1 Å². The highest BCUT2D eigenvalue weighted by Crippen LogP contribution is 2.33. The summed E-state index contributed by atoms with van der Waals surface area (Å²) in [7, 11) is 0. The van der Waals surface area contributed by atoms with Gasteiger partial charge in [0.25, 0.3) is 0 Å². The molecular formula is C22H23N5. The van der Waals surface area contributed by atoms with Gasteiger partial charge in [-0.3, -0.25) is 4.98 Å². The van der Waals surface area contributed by atoms with Crippen LogP contribution in [0.3, 0.4) is 0 Å². The van der Waals surface area contributed by atoms with Crippen molar-refractivity contribution in [2.45, 2.75) is 39.8 Å². The number of benzene rings is 1. The lowest BCUT2D eigenvalue weighted by Gasteiger charge is -2.31. The van der Waals surface area contributed by atoms with E-state index in [0.29, 0.717) is 11.5 Å². The molecule has 0 aliphatic carbocycles. The summed E-state index contributed by atoms with van der Waals surface area (Å²) in [5, 5.41) is 9.02. The summed E-state index contributed by atoms with van der Waals surface area (Å²) in [6.07, 6.45) is 1.86. The van der Waals surface area contributed by atoms with E-state index in [1.54, 1.807) is 0 Å². The molecule has 0 atom stereocenters. The van der Waals surface area contributed by atoms with E-state index >= 15 is 0 Å². The Labute approximate surface area is 159 Å². The van der Waals surface area contributed by atoms with Crippen molar-refractivity contribution in [2.75, 3.05) is 11.4 Å². The van der Waals surface area contributed by atoms with Crippen molar-refractivity contribution in [3.8, 4) is 17.3 Å². The van der Waals surface area contributed by atoms with E-state index in [9.17, 15) is 0 Å². The second kappa shape index (κ2) is 6.88. The second-order valence-electron chi connectivity index (χ2n) is 7.28. The van der Waals surface area contributed by atoms with E-state index in [0.717, 1.165) is 48.1 Å². The molecule has 0 radical (unpaired) electrons. The van der Waals surface area contributed by atoms with Gasteiger partial charge in [0.2, 0.25) is 0 Å². The molecule has 0 N–H and O–H groups in total. The number of fused-ring (bicyclic) bond motifs is 1. The lowest BCUT2D eigenvalue weighted by atomic mass is 10.00. The number of anilines is 1. The third-order valence-corrected chi connectivity index (χ3v) is 5.20. The van der Waals surface area contributed by atoms with E-state index in [1.165, 1.54) is 5.69 Å². The smallest absolute Gasteiger partial charge is 0.106 e. The number of hydrogen-bond donors (Lipinski definition) is 0. The van der Waals surface area contributed by atoms with Gasteiger partial charge in [-0.15, -0.1) is 0 Å². The van der Waals surface area contributed by atoms with E-state index in [2.05, 4.69) is 47.4 Å². The summed E-state index contributed by atoms with van der Waals surface area (Å²) in [6.45, 7) is 9.06. The summed E-state index contributed by atoms with van der Waals surface area (Å²) >= 11 is 0. The first-order chi connectivity index (χ1) is 13.1. The Morgan fingerprint density at radius 3 is 2.59 bits per heavy atom. The minimum absolute atomic E-state index is 0.345. The first-order valence-electron chi connectivity index (χ1n) is 9.35. The fourth-order valence-electron chi connectivity index (χ4n) is 3.81. The third-order valence-electron chi connectivity index (χ3n) is 5.20. The van der Waals surface area contributed by atoms with Crippen molar-refractivity contribution >= 4 is 5.69 Å². The van der Waals surface area contributed by atoms with Crippen LogP contribution < -0.4 is 4.90 Å². The standard InChI is InChI=1S/C22H23N5/c1-15(2)21-19(5-4-10-24-21)22-20-14-26(11-12-27(20)16(3)25-22)18-8-6-17(13-23)7-9-18/h4-10,15H,11-12,14H2,1-3H3. The minimum Gasteiger partial charge on any atom is -0.364 e. The number of pyridine rings is 1. The molecule has 2 aromatic heterocycles. The summed E-state index contributed by atoms with van der Waals surface area (Å²) in [4.78, 5) is 11.9. The number of aromatic nitrogens is 3. The topological polar surface area (TPSA) is 57.7 Å². The fraction of sp³-hybridized carbons (Fsp3) is 0.318. The molecule has 5 heteroatoms. The molecule has 1 aliphatic heterocycles. The highest BCUT2D eigenvalue weighted by molar-refractivity contribution is 5.67. The molecule has 0 unspecified atom stereocenters. The summed E-state index contributed by atoms with van der Waals surface area (Å²) in [5.74, 6) is 1.40. The van der Waals surface area contributed by atoms with Gasteiger partial charge >= 0.3 is 0 Å². The van der Waals surface area contributed by atoms with Crippen molar-refractivity contribution < 1.29 is 0 Å². The van der Waals surface area contributed by atoms with Gasteiger partial charge in [0.05, 0.1) is 35.3 Å². The molecule has 0 saturated heterocycles. The molecule has 136 valence electrons. The van der Waals surface area contributed by atoms with E-state index in [4.69, 9.17) is 10.2 Å². The molecule has 0 saturated carbocycles. The summed E-state index contributed by atoms with van der Waals surface area (Å²) in [6, 6.07) is 14.1. The molecule has 1 aromatic carbocycles. The van der Waals surface area contributed by atoms with Crippen LogP contribution in [0.15, 0.2) is 42.6 Å². The van der Waals surface area contributed by atoms with Gasteiger partial charge in [0, 0.05) is 30.5 Å². The van der Waals surface area contributed by atoms with E-state index in [1.807, 2.05) is 36.5 Å². The zero-order valence-electron chi connectivity index (χ0n) is 16.0. The predicted octanol–water partition coefficient (Wildman–Crippen LogP) is 4.27. The number of aryl methyl sites for hydroxylation is 1. The zero-order chi connectivity index (χ0) is 19.0. The van der Waals surface area contributed by atoms with Crippen LogP contribution in [0.25, 0.3) is 11.3 Å². The molecule has 0 bridgehead atoms. The van der Waals surface area contributed by atoms with Gasteiger partial charge in [-0.1, -0.05) is 13.8 Å². The molecule has 5 nitrogen and oxygen atoms in total. The second-order valence-corrected chi connectivity index (χ2v) is 7.28. The number of rotatable bonds is 3. The maximum Gasteiger partial charge on any atom is 0.106 e. The average Bonchev–Trinajstić information content (AvgIpc) is 3.04. The van der Waals surface area contributed by atoms with Gasteiger partial charge in [-0.05, 0) is 49.2 Å². The molecule has 3 aromatic rings. The van der Waals surface area contributed by atoms with Crippen LogP contribution >= 0.6 is 0 Å². The van der Waals surface area contributed by atoms with Gasteiger partial charge in [0.1, 0.15) is 5.82 Å². The van der Waals surface area contributed by atoms with Crippen LogP contribution in [0.4, 0.5) is 5.69 Å². The predicted molar refractivity (Wildman–Crippen MR) is 106 cm³/mol. The SMILES string of the molecule is Cc1nc(-c2cccnc2C(C)C)c2n1CCN(c1ccc(C#N)cc1)C2. The van der Waals surface area contributed by atoms with E-state index < -0.39 is 0 Å². The van der Waals surface area contributed by atoms with Crippen molar-refractivity contribution in [3.05, 3.63) is 65.4 Å². The Morgan fingerprint density at radius 2 is 1.89 bits per heavy atom. The highest BCUT2D eigenvalue weighted by Gasteiger charge is 2.25. The molecule has 0 amide bonds. The monoisotopic (exact) mass is 357 g/mol. The molecule has 3 heterocycles. The van der Waals surface area contributed by atoms with Crippen molar-refractivity contribution in [3.63, 3.8) is 0 Å². The first-order valence-corrected chi connectivity index (χ1v) is 9.35. The number of nitriles is 1. The van der Waals surface area contributed by atoms with Gasteiger partial charge < -0.3 is 9.47 Å². The largest absolute Gasteiger partial charge is 0.364 e.